The lowest BCUT2D eigenvalue weighted by Gasteiger charge is -2.46. The van der Waals surface area contributed by atoms with Crippen molar-refractivity contribution in [3.05, 3.63) is 35.6 Å². The molecule has 0 spiro atoms. The molecule has 84 valence electrons. The maximum atomic E-state index is 13.6. The summed E-state index contributed by atoms with van der Waals surface area (Å²) in [5, 5.41) is 0. The third kappa shape index (κ3) is 1.26. The molecule has 1 aliphatic heterocycles. The zero-order chi connectivity index (χ0) is 11.3. The van der Waals surface area contributed by atoms with Gasteiger partial charge in [-0.25, -0.2) is 4.39 Å². The Bertz CT molecular complexity index is 444. The van der Waals surface area contributed by atoms with Gasteiger partial charge in [0.15, 0.2) is 0 Å². The Morgan fingerprint density at radius 3 is 2.62 bits per heavy atom. The molecule has 1 amide bonds. The van der Waals surface area contributed by atoms with Crippen LogP contribution in [0, 0.1) is 5.82 Å². The normalized spacial score (nSPS) is 29.1. The van der Waals surface area contributed by atoms with Crippen LogP contribution in [0.1, 0.15) is 24.4 Å². The minimum Gasteiger partial charge on any atom is -0.329 e. The van der Waals surface area contributed by atoms with Crippen molar-refractivity contribution in [2.45, 2.75) is 31.0 Å². The quantitative estimate of drug-likeness (QED) is 0.761. The van der Waals surface area contributed by atoms with E-state index in [2.05, 4.69) is 0 Å². The van der Waals surface area contributed by atoms with Gasteiger partial charge in [-0.2, -0.15) is 0 Å². The summed E-state index contributed by atoms with van der Waals surface area (Å²) in [4.78, 5) is 13.4. The highest BCUT2D eigenvalue weighted by Gasteiger charge is 2.52. The van der Waals surface area contributed by atoms with Crippen molar-refractivity contribution in [2.75, 3.05) is 0 Å². The van der Waals surface area contributed by atoms with Crippen LogP contribution in [0.25, 0.3) is 0 Å². The summed E-state index contributed by atoms with van der Waals surface area (Å²) in [6.07, 6.45) is 2.03. The molecule has 2 fully saturated rings. The second kappa shape index (κ2) is 3.28. The molecule has 3 nitrogen and oxygen atoms in total. The summed E-state index contributed by atoms with van der Waals surface area (Å²) in [6, 6.07) is 6.00. The first-order valence-electron chi connectivity index (χ1n) is 5.52. The molecule has 0 aromatic heterocycles. The Hall–Kier alpha value is -1.42. The Balaban J connectivity index is 1.94. The first-order valence-corrected chi connectivity index (χ1v) is 5.52. The number of rotatable bonds is 2. The third-order valence-electron chi connectivity index (χ3n) is 3.34. The van der Waals surface area contributed by atoms with E-state index in [0.29, 0.717) is 5.56 Å². The van der Waals surface area contributed by atoms with Gasteiger partial charge in [-0.1, -0.05) is 18.2 Å². The predicted molar refractivity (Wildman–Crippen MR) is 57.0 cm³/mol. The number of carbonyl (C=O) groups excluding carboxylic acids is 1. The second-order valence-corrected chi connectivity index (χ2v) is 4.47. The number of benzene rings is 1. The lowest BCUT2D eigenvalue weighted by molar-refractivity contribution is -0.150. The van der Waals surface area contributed by atoms with Gasteiger partial charge in [-0.15, -0.1) is 0 Å². The van der Waals surface area contributed by atoms with E-state index in [1.807, 2.05) is 0 Å². The van der Waals surface area contributed by atoms with E-state index in [0.717, 1.165) is 12.8 Å². The average molecular weight is 220 g/mol. The fraction of sp³-hybridized carbons (Fsp3) is 0.417. The number of likely N-dealkylation sites (tertiary alicyclic amines) is 1. The van der Waals surface area contributed by atoms with Gasteiger partial charge < -0.3 is 10.6 Å². The standard InChI is InChI=1S/C12H13FN2O/c13-9-4-2-1-3-8(9)11-10(14)12(16)15(11)7-5-6-7/h1-4,7,10-11H,5-6,14H2/t10-,11+/m0/s1. The van der Waals surface area contributed by atoms with Gasteiger partial charge in [0.05, 0.1) is 6.04 Å². The minimum atomic E-state index is -0.572. The highest BCUT2D eigenvalue weighted by Crippen LogP contribution is 2.43. The topological polar surface area (TPSA) is 46.3 Å². The monoisotopic (exact) mass is 220 g/mol. The van der Waals surface area contributed by atoms with E-state index in [9.17, 15) is 9.18 Å². The van der Waals surface area contributed by atoms with Gasteiger partial charge in [-0.05, 0) is 18.9 Å². The summed E-state index contributed by atoms with van der Waals surface area (Å²) in [5.41, 5.74) is 6.31. The number of halogens is 1. The van der Waals surface area contributed by atoms with Gasteiger partial charge in [0.25, 0.3) is 0 Å². The van der Waals surface area contributed by atoms with Gasteiger partial charge in [-0.3, -0.25) is 4.79 Å². The minimum absolute atomic E-state index is 0.0456. The SMILES string of the molecule is N[C@@H]1C(=O)N(C2CC2)[C@@H]1c1ccccc1F. The first kappa shape index (κ1) is 9.78. The van der Waals surface area contributed by atoms with Crippen molar-refractivity contribution < 1.29 is 9.18 Å². The average Bonchev–Trinajstić information content (AvgIpc) is 3.10. The van der Waals surface area contributed by atoms with Gasteiger partial charge in [0.2, 0.25) is 5.91 Å². The van der Waals surface area contributed by atoms with Crippen LogP contribution in [0.5, 0.6) is 0 Å². The fourth-order valence-electron chi connectivity index (χ4n) is 2.35. The maximum Gasteiger partial charge on any atom is 0.242 e. The Kier molecular flexibility index (Phi) is 2.01. The highest BCUT2D eigenvalue weighted by molar-refractivity contribution is 5.90. The molecule has 0 radical (unpaired) electrons. The van der Waals surface area contributed by atoms with E-state index in [4.69, 9.17) is 5.73 Å². The molecule has 1 aromatic carbocycles. The molecule has 1 heterocycles. The summed E-state index contributed by atoms with van der Waals surface area (Å²) in [6.45, 7) is 0. The molecule has 16 heavy (non-hydrogen) atoms. The summed E-state index contributed by atoms with van der Waals surface area (Å²) < 4.78 is 13.6. The molecular formula is C12H13FN2O. The molecule has 2 aliphatic rings. The van der Waals surface area contributed by atoms with Crippen LogP contribution in [0.3, 0.4) is 0 Å². The highest BCUT2D eigenvalue weighted by atomic mass is 19.1. The predicted octanol–water partition coefficient (Wildman–Crippen LogP) is 1.20. The third-order valence-corrected chi connectivity index (χ3v) is 3.34. The van der Waals surface area contributed by atoms with E-state index in [1.165, 1.54) is 6.07 Å². The lowest BCUT2D eigenvalue weighted by Crippen LogP contribution is -2.63. The van der Waals surface area contributed by atoms with Crippen LogP contribution >= 0.6 is 0 Å². The molecule has 0 bridgehead atoms. The van der Waals surface area contributed by atoms with Crippen LogP contribution in [0.15, 0.2) is 24.3 Å². The van der Waals surface area contributed by atoms with Crippen molar-refractivity contribution in [1.82, 2.24) is 4.90 Å². The largest absolute Gasteiger partial charge is 0.329 e. The Morgan fingerprint density at radius 2 is 2.00 bits per heavy atom. The van der Waals surface area contributed by atoms with E-state index in [-0.39, 0.29) is 23.8 Å². The van der Waals surface area contributed by atoms with Crippen molar-refractivity contribution >= 4 is 5.91 Å². The van der Waals surface area contributed by atoms with Gasteiger partial charge in [0.1, 0.15) is 11.9 Å². The molecule has 1 saturated heterocycles. The van der Waals surface area contributed by atoms with E-state index in [1.54, 1.807) is 23.1 Å². The number of carbonyl (C=O) groups is 1. The van der Waals surface area contributed by atoms with E-state index >= 15 is 0 Å². The summed E-state index contributed by atoms with van der Waals surface area (Å²) >= 11 is 0. The number of nitrogens with zero attached hydrogens (tertiary/aromatic N) is 1. The Morgan fingerprint density at radius 1 is 1.31 bits per heavy atom. The zero-order valence-electron chi connectivity index (χ0n) is 8.77. The van der Waals surface area contributed by atoms with Crippen LogP contribution < -0.4 is 5.73 Å². The number of hydrogen-bond donors (Lipinski definition) is 1. The Labute approximate surface area is 93.0 Å². The summed E-state index contributed by atoms with van der Waals surface area (Å²) in [7, 11) is 0. The van der Waals surface area contributed by atoms with Crippen LogP contribution in [-0.4, -0.2) is 22.9 Å². The number of β-lactam (4-membered cyclic amide) rings is 1. The molecule has 4 heteroatoms. The zero-order valence-corrected chi connectivity index (χ0v) is 8.77. The molecule has 2 atom stereocenters. The summed E-state index contributed by atoms with van der Waals surface area (Å²) in [5.74, 6) is -0.322. The fourth-order valence-corrected chi connectivity index (χ4v) is 2.35. The van der Waals surface area contributed by atoms with Gasteiger partial charge >= 0.3 is 0 Å². The molecule has 1 aromatic rings. The van der Waals surface area contributed by atoms with Crippen molar-refractivity contribution in [2.24, 2.45) is 5.73 Å². The molecule has 1 saturated carbocycles. The number of hydrogen-bond acceptors (Lipinski definition) is 2. The lowest BCUT2D eigenvalue weighted by atomic mass is 9.88. The molecule has 0 unspecified atom stereocenters. The molecule has 2 N–H and O–H groups in total. The van der Waals surface area contributed by atoms with Crippen molar-refractivity contribution in [3.63, 3.8) is 0 Å². The number of amides is 1. The van der Waals surface area contributed by atoms with Crippen molar-refractivity contribution in [1.29, 1.82) is 0 Å². The van der Waals surface area contributed by atoms with Gasteiger partial charge in [0, 0.05) is 11.6 Å². The van der Waals surface area contributed by atoms with Crippen LogP contribution in [0.2, 0.25) is 0 Å². The molecule has 1 aliphatic carbocycles. The molecule has 3 rings (SSSR count). The van der Waals surface area contributed by atoms with E-state index < -0.39 is 6.04 Å². The van der Waals surface area contributed by atoms with Crippen molar-refractivity contribution in [3.8, 4) is 0 Å². The second-order valence-electron chi connectivity index (χ2n) is 4.47. The smallest absolute Gasteiger partial charge is 0.242 e. The van der Waals surface area contributed by atoms with Crippen LogP contribution in [-0.2, 0) is 4.79 Å². The van der Waals surface area contributed by atoms with Crippen LogP contribution in [0.4, 0.5) is 4.39 Å². The number of nitrogens with two attached hydrogens (primary N) is 1. The maximum absolute atomic E-state index is 13.6. The molecular weight excluding hydrogens is 207 g/mol. The first-order chi connectivity index (χ1) is 7.70.